The molecule has 0 spiro atoms. The van der Waals surface area contributed by atoms with E-state index in [1.165, 1.54) is 6.42 Å². The summed E-state index contributed by atoms with van der Waals surface area (Å²) in [5.74, 6) is 0.425. The maximum Gasteiger partial charge on any atom is 0.306 e. The molecule has 104 valence electrons. The standard InChI is InChI=1S/C16H22O3/c17-11-15-9-5-4-8-14(15)10-16(18)19-12-13-6-2-1-3-7-13/h1-3,6-7,14-15,17H,4-5,8-12H2. The van der Waals surface area contributed by atoms with Gasteiger partial charge in [-0.3, -0.25) is 4.79 Å². The molecule has 0 heterocycles. The van der Waals surface area contributed by atoms with Gasteiger partial charge in [0.2, 0.25) is 0 Å². The van der Waals surface area contributed by atoms with Crippen molar-refractivity contribution in [1.29, 1.82) is 0 Å². The number of ether oxygens (including phenoxy) is 1. The zero-order valence-corrected chi connectivity index (χ0v) is 11.3. The highest BCUT2D eigenvalue weighted by Crippen LogP contribution is 2.32. The monoisotopic (exact) mass is 262 g/mol. The minimum Gasteiger partial charge on any atom is -0.461 e. The highest BCUT2D eigenvalue weighted by atomic mass is 16.5. The minimum atomic E-state index is -0.144. The number of hydrogen-bond donors (Lipinski definition) is 1. The van der Waals surface area contributed by atoms with Crippen LogP contribution in [-0.2, 0) is 16.1 Å². The molecule has 1 N–H and O–H groups in total. The molecule has 2 unspecified atom stereocenters. The average molecular weight is 262 g/mol. The molecule has 2 rings (SSSR count). The number of carbonyl (C=O) groups excluding carboxylic acids is 1. The second-order valence-electron chi connectivity index (χ2n) is 5.34. The second kappa shape index (κ2) is 7.29. The molecule has 3 nitrogen and oxygen atoms in total. The molecule has 0 aliphatic heterocycles. The molecule has 1 aliphatic carbocycles. The van der Waals surface area contributed by atoms with Gasteiger partial charge in [-0.25, -0.2) is 0 Å². The van der Waals surface area contributed by atoms with Crippen molar-refractivity contribution < 1.29 is 14.6 Å². The fraction of sp³-hybridized carbons (Fsp3) is 0.562. The van der Waals surface area contributed by atoms with E-state index >= 15 is 0 Å². The highest BCUT2D eigenvalue weighted by molar-refractivity contribution is 5.69. The van der Waals surface area contributed by atoms with E-state index in [2.05, 4.69) is 0 Å². The van der Waals surface area contributed by atoms with Crippen molar-refractivity contribution in [2.45, 2.75) is 38.7 Å². The summed E-state index contributed by atoms with van der Waals surface area (Å²) >= 11 is 0. The molecule has 0 amide bonds. The molecule has 0 bridgehead atoms. The molecule has 1 saturated carbocycles. The third-order valence-corrected chi connectivity index (χ3v) is 3.97. The van der Waals surface area contributed by atoms with Gasteiger partial charge in [0.1, 0.15) is 6.61 Å². The molecule has 0 saturated heterocycles. The number of benzene rings is 1. The lowest BCUT2D eigenvalue weighted by Gasteiger charge is -2.29. The Kier molecular flexibility index (Phi) is 5.40. The van der Waals surface area contributed by atoms with E-state index in [0.29, 0.717) is 18.9 Å². The van der Waals surface area contributed by atoms with Gasteiger partial charge < -0.3 is 9.84 Å². The quantitative estimate of drug-likeness (QED) is 0.830. The summed E-state index contributed by atoms with van der Waals surface area (Å²) in [6.07, 6.45) is 4.84. The summed E-state index contributed by atoms with van der Waals surface area (Å²) in [5, 5.41) is 9.33. The first-order valence-electron chi connectivity index (χ1n) is 7.10. The maximum absolute atomic E-state index is 11.8. The molecule has 1 aromatic rings. The van der Waals surface area contributed by atoms with Crippen LogP contribution in [0.3, 0.4) is 0 Å². The average Bonchev–Trinajstić information content (AvgIpc) is 2.47. The second-order valence-corrected chi connectivity index (χ2v) is 5.34. The number of hydrogen-bond acceptors (Lipinski definition) is 3. The number of aliphatic hydroxyl groups excluding tert-OH is 1. The van der Waals surface area contributed by atoms with Crippen molar-refractivity contribution in [1.82, 2.24) is 0 Å². The first kappa shape index (κ1) is 14.1. The Hall–Kier alpha value is -1.35. The van der Waals surface area contributed by atoms with Crippen LogP contribution in [0.15, 0.2) is 30.3 Å². The molecule has 0 radical (unpaired) electrons. The van der Waals surface area contributed by atoms with Gasteiger partial charge >= 0.3 is 5.97 Å². The Morgan fingerprint density at radius 2 is 1.84 bits per heavy atom. The van der Waals surface area contributed by atoms with Crippen LogP contribution in [0.25, 0.3) is 0 Å². The van der Waals surface area contributed by atoms with E-state index in [4.69, 9.17) is 4.74 Å². The molecule has 1 aliphatic rings. The molecule has 0 aromatic heterocycles. The Morgan fingerprint density at radius 3 is 2.53 bits per heavy atom. The van der Waals surface area contributed by atoms with Gasteiger partial charge in [0, 0.05) is 13.0 Å². The summed E-state index contributed by atoms with van der Waals surface area (Å²) in [7, 11) is 0. The van der Waals surface area contributed by atoms with Gasteiger partial charge in [0.25, 0.3) is 0 Å². The van der Waals surface area contributed by atoms with Crippen molar-refractivity contribution in [3.63, 3.8) is 0 Å². The molecular formula is C16H22O3. The normalized spacial score (nSPS) is 23.0. The lowest BCUT2D eigenvalue weighted by atomic mass is 9.78. The Labute approximate surface area is 114 Å². The number of esters is 1. The summed E-state index contributed by atoms with van der Waals surface area (Å²) in [4.78, 5) is 11.8. The molecule has 3 heteroatoms. The van der Waals surface area contributed by atoms with Crippen LogP contribution in [-0.4, -0.2) is 17.7 Å². The predicted molar refractivity (Wildman–Crippen MR) is 73.4 cm³/mol. The van der Waals surface area contributed by atoms with Crippen molar-refractivity contribution >= 4 is 5.97 Å². The zero-order chi connectivity index (χ0) is 13.5. The van der Waals surface area contributed by atoms with E-state index in [0.717, 1.165) is 24.8 Å². The van der Waals surface area contributed by atoms with Crippen LogP contribution in [0, 0.1) is 11.8 Å². The minimum absolute atomic E-state index is 0.144. The number of aliphatic hydroxyl groups is 1. The van der Waals surface area contributed by atoms with E-state index in [1.807, 2.05) is 30.3 Å². The molecule has 2 atom stereocenters. The molecule has 19 heavy (non-hydrogen) atoms. The van der Waals surface area contributed by atoms with E-state index in [9.17, 15) is 9.90 Å². The number of carbonyl (C=O) groups is 1. The maximum atomic E-state index is 11.8. The summed E-state index contributed by atoms with van der Waals surface area (Å²) in [6, 6.07) is 9.71. The van der Waals surface area contributed by atoms with Gasteiger partial charge in [-0.05, 0) is 30.2 Å². The molecular weight excluding hydrogens is 240 g/mol. The van der Waals surface area contributed by atoms with Crippen LogP contribution >= 0.6 is 0 Å². The van der Waals surface area contributed by atoms with Gasteiger partial charge in [0.15, 0.2) is 0 Å². The third-order valence-electron chi connectivity index (χ3n) is 3.97. The first-order valence-corrected chi connectivity index (χ1v) is 7.10. The van der Waals surface area contributed by atoms with Crippen molar-refractivity contribution in [2.24, 2.45) is 11.8 Å². The Morgan fingerprint density at radius 1 is 1.16 bits per heavy atom. The van der Waals surface area contributed by atoms with E-state index in [1.54, 1.807) is 0 Å². The van der Waals surface area contributed by atoms with Crippen LogP contribution < -0.4 is 0 Å². The predicted octanol–water partition coefficient (Wildman–Crippen LogP) is 2.92. The smallest absolute Gasteiger partial charge is 0.306 e. The Balaban J connectivity index is 1.77. The van der Waals surface area contributed by atoms with Gasteiger partial charge in [-0.1, -0.05) is 43.2 Å². The van der Waals surface area contributed by atoms with Gasteiger partial charge in [-0.15, -0.1) is 0 Å². The third kappa shape index (κ3) is 4.35. The summed E-state index contributed by atoms with van der Waals surface area (Å²) < 4.78 is 5.30. The number of rotatable bonds is 5. The van der Waals surface area contributed by atoms with Crippen LogP contribution in [0.1, 0.15) is 37.7 Å². The molecule has 1 aromatic carbocycles. The van der Waals surface area contributed by atoms with Gasteiger partial charge in [0.05, 0.1) is 0 Å². The Bertz CT molecular complexity index is 388. The summed E-state index contributed by atoms with van der Waals surface area (Å²) in [6.45, 7) is 0.535. The van der Waals surface area contributed by atoms with Crippen molar-refractivity contribution in [3.05, 3.63) is 35.9 Å². The lowest BCUT2D eigenvalue weighted by Crippen LogP contribution is -2.25. The SMILES string of the molecule is O=C(CC1CCCCC1CO)OCc1ccccc1. The van der Waals surface area contributed by atoms with Crippen LogP contribution in [0.5, 0.6) is 0 Å². The largest absolute Gasteiger partial charge is 0.461 e. The van der Waals surface area contributed by atoms with E-state index in [-0.39, 0.29) is 18.5 Å². The van der Waals surface area contributed by atoms with Gasteiger partial charge in [-0.2, -0.15) is 0 Å². The van der Waals surface area contributed by atoms with Crippen molar-refractivity contribution in [3.8, 4) is 0 Å². The lowest BCUT2D eigenvalue weighted by molar-refractivity contribution is -0.147. The summed E-state index contributed by atoms with van der Waals surface area (Å²) in [5.41, 5.74) is 1.01. The topological polar surface area (TPSA) is 46.5 Å². The highest BCUT2D eigenvalue weighted by Gasteiger charge is 2.26. The van der Waals surface area contributed by atoms with E-state index < -0.39 is 0 Å². The van der Waals surface area contributed by atoms with Crippen molar-refractivity contribution in [2.75, 3.05) is 6.61 Å². The van der Waals surface area contributed by atoms with Crippen LogP contribution in [0.2, 0.25) is 0 Å². The molecule has 1 fully saturated rings. The fourth-order valence-corrected chi connectivity index (χ4v) is 2.80. The zero-order valence-electron chi connectivity index (χ0n) is 11.3. The van der Waals surface area contributed by atoms with Crippen LogP contribution in [0.4, 0.5) is 0 Å². The first-order chi connectivity index (χ1) is 9.29. The fourth-order valence-electron chi connectivity index (χ4n) is 2.80.